The zero-order valence-corrected chi connectivity index (χ0v) is 12.4. The van der Waals surface area contributed by atoms with Gasteiger partial charge in [0.1, 0.15) is 12.4 Å². The van der Waals surface area contributed by atoms with Crippen molar-refractivity contribution in [2.24, 2.45) is 0 Å². The zero-order valence-electron chi connectivity index (χ0n) is 10.9. The highest BCUT2D eigenvalue weighted by Gasteiger charge is 1.94. The Labute approximate surface area is 118 Å². The second kappa shape index (κ2) is 10.4. The van der Waals surface area contributed by atoms with Crippen molar-refractivity contribution < 1.29 is 14.2 Å². The van der Waals surface area contributed by atoms with Crippen LogP contribution in [0.5, 0.6) is 5.75 Å². The molecule has 0 heterocycles. The number of benzene rings is 1. The summed E-state index contributed by atoms with van der Waals surface area (Å²) in [5.41, 5.74) is 0. The molecule has 0 atom stereocenters. The summed E-state index contributed by atoms with van der Waals surface area (Å²) in [5, 5.41) is 0. The van der Waals surface area contributed by atoms with Crippen molar-refractivity contribution in [3.05, 3.63) is 28.7 Å². The second-order valence-corrected chi connectivity index (χ2v) is 4.88. The fraction of sp³-hybridized carbons (Fsp3) is 0.571. The van der Waals surface area contributed by atoms with Gasteiger partial charge in [-0.1, -0.05) is 15.9 Å². The van der Waals surface area contributed by atoms with E-state index in [2.05, 4.69) is 15.9 Å². The average molecular weight is 317 g/mol. The van der Waals surface area contributed by atoms with Crippen LogP contribution in [-0.4, -0.2) is 33.5 Å². The molecule has 0 aliphatic heterocycles. The largest absolute Gasteiger partial charge is 0.491 e. The summed E-state index contributed by atoms with van der Waals surface area (Å²) in [6.07, 6.45) is 3.35. The Balaban J connectivity index is 1.91. The van der Waals surface area contributed by atoms with Gasteiger partial charge in [-0.2, -0.15) is 0 Å². The number of unbranched alkanes of at least 4 members (excludes halogenated alkanes) is 2. The van der Waals surface area contributed by atoms with E-state index < -0.39 is 0 Å². The molecule has 0 unspecified atom stereocenters. The van der Waals surface area contributed by atoms with Crippen LogP contribution in [0.15, 0.2) is 28.7 Å². The molecule has 0 spiro atoms. The highest BCUT2D eigenvalue weighted by atomic mass is 79.9. The minimum absolute atomic E-state index is 0.597. The molecule has 0 bridgehead atoms. The molecule has 0 saturated carbocycles. The first kappa shape index (κ1) is 15.5. The summed E-state index contributed by atoms with van der Waals surface area (Å²) < 4.78 is 17.1. The Bertz CT molecular complexity index is 300. The predicted molar refractivity (Wildman–Crippen MR) is 76.2 cm³/mol. The highest BCUT2D eigenvalue weighted by Crippen LogP contribution is 2.15. The van der Waals surface area contributed by atoms with E-state index in [0.717, 1.165) is 42.7 Å². The third-order valence-electron chi connectivity index (χ3n) is 2.45. The van der Waals surface area contributed by atoms with Gasteiger partial charge >= 0.3 is 0 Å². The van der Waals surface area contributed by atoms with Gasteiger partial charge in [0.2, 0.25) is 0 Å². The minimum atomic E-state index is 0.597. The Morgan fingerprint density at radius 3 is 2.33 bits per heavy atom. The molecule has 0 saturated heterocycles. The minimum Gasteiger partial charge on any atom is -0.491 e. The molecule has 1 aromatic carbocycles. The molecular formula is C14H21BrO3. The van der Waals surface area contributed by atoms with E-state index in [1.54, 1.807) is 7.11 Å². The maximum absolute atomic E-state index is 5.54. The molecule has 0 aromatic heterocycles. The van der Waals surface area contributed by atoms with Crippen molar-refractivity contribution in [2.75, 3.05) is 33.5 Å². The Morgan fingerprint density at radius 2 is 1.61 bits per heavy atom. The van der Waals surface area contributed by atoms with E-state index in [4.69, 9.17) is 14.2 Å². The summed E-state index contributed by atoms with van der Waals surface area (Å²) in [6.45, 7) is 2.88. The summed E-state index contributed by atoms with van der Waals surface area (Å²) in [7, 11) is 1.73. The molecule has 0 amide bonds. The fourth-order valence-electron chi connectivity index (χ4n) is 1.48. The van der Waals surface area contributed by atoms with Crippen LogP contribution >= 0.6 is 15.9 Å². The van der Waals surface area contributed by atoms with Gasteiger partial charge in [0.05, 0.1) is 6.61 Å². The van der Waals surface area contributed by atoms with E-state index in [0.29, 0.717) is 13.2 Å². The lowest BCUT2D eigenvalue weighted by atomic mass is 10.2. The molecule has 0 aliphatic rings. The van der Waals surface area contributed by atoms with Crippen LogP contribution in [0.1, 0.15) is 19.3 Å². The third kappa shape index (κ3) is 7.69. The number of hydrogen-bond acceptors (Lipinski definition) is 3. The first-order chi connectivity index (χ1) is 8.83. The molecule has 0 fully saturated rings. The van der Waals surface area contributed by atoms with Crippen LogP contribution in [0, 0.1) is 0 Å². The van der Waals surface area contributed by atoms with Crippen LogP contribution < -0.4 is 4.74 Å². The van der Waals surface area contributed by atoms with E-state index in [-0.39, 0.29) is 0 Å². The summed E-state index contributed by atoms with van der Waals surface area (Å²) >= 11 is 3.38. The van der Waals surface area contributed by atoms with Gasteiger partial charge in [0.15, 0.2) is 0 Å². The highest BCUT2D eigenvalue weighted by molar-refractivity contribution is 9.10. The maximum Gasteiger partial charge on any atom is 0.119 e. The van der Waals surface area contributed by atoms with Gasteiger partial charge in [0.25, 0.3) is 0 Å². The van der Waals surface area contributed by atoms with Crippen LogP contribution in [0.2, 0.25) is 0 Å². The van der Waals surface area contributed by atoms with Gasteiger partial charge in [0, 0.05) is 24.8 Å². The molecular weight excluding hydrogens is 296 g/mol. The topological polar surface area (TPSA) is 27.7 Å². The van der Waals surface area contributed by atoms with E-state index >= 15 is 0 Å². The number of ether oxygens (including phenoxy) is 3. The molecule has 0 N–H and O–H groups in total. The van der Waals surface area contributed by atoms with Crippen molar-refractivity contribution in [2.45, 2.75) is 19.3 Å². The average Bonchev–Trinajstić information content (AvgIpc) is 2.39. The van der Waals surface area contributed by atoms with Crippen LogP contribution in [0.25, 0.3) is 0 Å². The monoisotopic (exact) mass is 316 g/mol. The third-order valence-corrected chi connectivity index (χ3v) is 2.98. The standard InChI is InChI=1S/C14H21BrO3/c1-16-9-3-2-4-10-17-11-12-18-14-7-5-13(15)6-8-14/h5-8H,2-4,9-12H2,1H3. The van der Waals surface area contributed by atoms with Crippen molar-refractivity contribution >= 4 is 15.9 Å². The number of halogens is 1. The lowest BCUT2D eigenvalue weighted by Gasteiger charge is -2.07. The number of hydrogen-bond donors (Lipinski definition) is 0. The first-order valence-electron chi connectivity index (χ1n) is 6.28. The summed E-state index contributed by atoms with van der Waals surface area (Å²) in [4.78, 5) is 0. The molecule has 0 aliphatic carbocycles. The SMILES string of the molecule is COCCCCCOCCOc1ccc(Br)cc1. The molecule has 3 nitrogen and oxygen atoms in total. The van der Waals surface area contributed by atoms with Crippen LogP contribution in [-0.2, 0) is 9.47 Å². The van der Waals surface area contributed by atoms with Gasteiger partial charge in [-0.3, -0.25) is 0 Å². The van der Waals surface area contributed by atoms with E-state index in [1.807, 2.05) is 24.3 Å². The number of methoxy groups -OCH3 is 1. The van der Waals surface area contributed by atoms with Gasteiger partial charge in [-0.25, -0.2) is 0 Å². The molecule has 1 rings (SSSR count). The van der Waals surface area contributed by atoms with Gasteiger partial charge in [-0.15, -0.1) is 0 Å². The molecule has 1 aromatic rings. The van der Waals surface area contributed by atoms with Crippen molar-refractivity contribution in [3.8, 4) is 5.75 Å². The van der Waals surface area contributed by atoms with E-state index in [1.165, 1.54) is 0 Å². The van der Waals surface area contributed by atoms with Crippen LogP contribution in [0.3, 0.4) is 0 Å². The molecule has 0 radical (unpaired) electrons. The lowest BCUT2D eigenvalue weighted by Crippen LogP contribution is -2.07. The van der Waals surface area contributed by atoms with Crippen molar-refractivity contribution in [1.82, 2.24) is 0 Å². The van der Waals surface area contributed by atoms with Crippen molar-refractivity contribution in [1.29, 1.82) is 0 Å². The smallest absolute Gasteiger partial charge is 0.119 e. The first-order valence-corrected chi connectivity index (χ1v) is 7.07. The van der Waals surface area contributed by atoms with Crippen LogP contribution in [0.4, 0.5) is 0 Å². The van der Waals surface area contributed by atoms with E-state index in [9.17, 15) is 0 Å². The summed E-state index contributed by atoms with van der Waals surface area (Å²) in [5.74, 6) is 0.877. The van der Waals surface area contributed by atoms with Gasteiger partial charge in [-0.05, 0) is 43.5 Å². The fourth-order valence-corrected chi connectivity index (χ4v) is 1.74. The lowest BCUT2D eigenvalue weighted by molar-refractivity contribution is 0.0954. The van der Waals surface area contributed by atoms with Crippen molar-refractivity contribution in [3.63, 3.8) is 0 Å². The zero-order chi connectivity index (χ0) is 13.1. The maximum atomic E-state index is 5.54. The predicted octanol–water partition coefficient (Wildman–Crippen LogP) is 3.66. The number of rotatable bonds is 10. The second-order valence-electron chi connectivity index (χ2n) is 3.97. The Hall–Kier alpha value is -0.580. The molecule has 102 valence electrons. The normalized spacial score (nSPS) is 10.6. The van der Waals surface area contributed by atoms with Gasteiger partial charge < -0.3 is 14.2 Å². The molecule has 18 heavy (non-hydrogen) atoms. The molecule has 4 heteroatoms. The Morgan fingerprint density at radius 1 is 0.889 bits per heavy atom. The quantitative estimate of drug-likeness (QED) is 0.616. The summed E-state index contributed by atoms with van der Waals surface area (Å²) in [6, 6.07) is 7.81. The Kier molecular flexibility index (Phi) is 8.90.